The van der Waals surface area contributed by atoms with Gasteiger partial charge in [-0.15, -0.1) is 0 Å². The van der Waals surface area contributed by atoms with Crippen LogP contribution in [-0.4, -0.2) is 29.2 Å². The molecule has 2 amide bonds. The summed E-state index contributed by atoms with van der Waals surface area (Å²) < 4.78 is 5.68. The average molecular weight is 416 g/mol. The summed E-state index contributed by atoms with van der Waals surface area (Å²) in [5, 5.41) is -0.264. The molecule has 1 aliphatic rings. The second kappa shape index (κ2) is 9.01. The summed E-state index contributed by atoms with van der Waals surface area (Å²) in [4.78, 5) is 26.6. The van der Waals surface area contributed by atoms with E-state index in [9.17, 15) is 9.59 Å². The van der Waals surface area contributed by atoms with Gasteiger partial charge >= 0.3 is 0 Å². The summed E-state index contributed by atoms with van der Waals surface area (Å²) in [5.74, 6) is 0.459. The highest BCUT2D eigenvalue weighted by Crippen LogP contribution is 2.32. The van der Waals surface area contributed by atoms with E-state index in [1.165, 1.54) is 4.90 Å². The van der Waals surface area contributed by atoms with Crippen LogP contribution in [0.15, 0.2) is 83.8 Å². The first-order valence-electron chi connectivity index (χ1n) is 9.70. The second-order valence-electron chi connectivity index (χ2n) is 6.99. The minimum atomic E-state index is -0.273. The fraction of sp³-hybridized carbons (Fsp3) is 0.120. The quantitative estimate of drug-likeness (QED) is 0.479. The molecule has 0 N–H and O–H groups in total. The molecule has 0 radical (unpaired) electrons. The fourth-order valence-corrected chi connectivity index (χ4v) is 4.07. The van der Waals surface area contributed by atoms with Crippen molar-refractivity contribution in [3.63, 3.8) is 0 Å². The Labute approximate surface area is 180 Å². The van der Waals surface area contributed by atoms with Crippen molar-refractivity contribution >= 4 is 29.0 Å². The van der Waals surface area contributed by atoms with Crippen LogP contribution in [-0.2, 0) is 4.79 Å². The maximum Gasteiger partial charge on any atom is 0.293 e. The third-order valence-electron chi connectivity index (χ3n) is 4.76. The van der Waals surface area contributed by atoms with E-state index in [-0.39, 0.29) is 24.3 Å². The van der Waals surface area contributed by atoms with Crippen molar-refractivity contribution in [2.24, 2.45) is 0 Å². The molecule has 30 heavy (non-hydrogen) atoms. The van der Waals surface area contributed by atoms with E-state index < -0.39 is 0 Å². The van der Waals surface area contributed by atoms with Gasteiger partial charge in [0.1, 0.15) is 12.4 Å². The lowest BCUT2D eigenvalue weighted by Gasteiger charge is -2.13. The van der Waals surface area contributed by atoms with Crippen molar-refractivity contribution in [1.82, 2.24) is 4.90 Å². The van der Waals surface area contributed by atoms with Crippen molar-refractivity contribution in [3.05, 3.63) is 94.9 Å². The third-order valence-corrected chi connectivity index (χ3v) is 5.67. The monoisotopic (exact) mass is 415 g/mol. The van der Waals surface area contributed by atoms with Crippen molar-refractivity contribution in [2.45, 2.75) is 6.92 Å². The number of thioether (sulfide) groups is 1. The molecule has 0 aromatic heterocycles. The van der Waals surface area contributed by atoms with Crippen molar-refractivity contribution in [3.8, 4) is 16.9 Å². The normalized spacial score (nSPS) is 15.1. The van der Waals surface area contributed by atoms with E-state index in [4.69, 9.17) is 4.74 Å². The van der Waals surface area contributed by atoms with Crippen LogP contribution in [0, 0.1) is 6.92 Å². The SMILES string of the molecule is Cc1cccc(OCCN2C(=O)S/C(=C\c3ccc(-c4ccccc4)cc3)C2=O)c1. The average Bonchev–Trinajstić information content (AvgIpc) is 3.02. The van der Waals surface area contributed by atoms with Crippen LogP contribution in [0.1, 0.15) is 11.1 Å². The molecule has 3 aromatic carbocycles. The van der Waals surface area contributed by atoms with Crippen molar-refractivity contribution in [1.29, 1.82) is 0 Å². The molecule has 1 saturated heterocycles. The van der Waals surface area contributed by atoms with Gasteiger partial charge in [0.05, 0.1) is 11.4 Å². The molecule has 0 unspecified atom stereocenters. The van der Waals surface area contributed by atoms with E-state index in [0.717, 1.165) is 39.8 Å². The highest BCUT2D eigenvalue weighted by Gasteiger charge is 2.34. The van der Waals surface area contributed by atoms with E-state index in [1.807, 2.05) is 73.7 Å². The molecular formula is C25H21NO3S. The number of nitrogens with zero attached hydrogens (tertiary/aromatic N) is 1. The molecule has 1 fully saturated rings. The number of imide groups is 1. The van der Waals surface area contributed by atoms with Gasteiger partial charge in [0.25, 0.3) is 11.1 Å². The van der Waals surface area contributed by atoms with Gasteiger partial charge in [-0.3, -0.25) is 14.5 Å². The van der Waals surface area contributed by atoms with Gasteiger partial charge in [-0.1, -0.05) is 66.7 Å². The third kappa shape index (κ3) is 4.63. The van der Waals surface area contributed by atoms with Gasteiger partial charge in [-0.2, -0.15) is 0 Å². The number of hydrogen-bond acceptors (Lipinski definition) is 4. The molecule has 0 spiro atoms. The summed E-state index contributed by atoms with van der Waals surface area (Å²) in [6.45, 7) is 2.48. The zero-order chi connectivity index (χ0) is 20.9. The first kappa shape index (κ1) is 20.0. The van der Waals surface area contributed by atoms with Crippen LogP contribution in [0.5, 0.6) is 5.75 Å². The Balaban J connectivity index is 1.40. The number of amides is 2. The van der Waals surface area contributed by atoms with Crippen LogP contribution in [0.3, 0.4) is 0 Å². The van der Waals surface area contributed by atoms with Gasteiger partial charge in [-0.05, 0) is 59.1 Å². The molecule has 4 nitrogen and oxygen atoms in total. The summed E-state index contributed by atoms with van der Waals surface area (Å²) in [6, 6.07) is 25.7. The summed E-state index contributed by atoms with van der Waals surface area (Å²) in [7, 11) is 0. The van der Waals surface area contributed by atoms with Gasteiger partial charge in [-0.25, -0.2) is 0 Å². The summed E-state index contributed by atoms with van der Waals surface area (Å²) >= 11 is 0.969. The highest BCUT2D eigenvalue weighted by molar-refractivity contribution is 8.18. The van der Waals surface area contributed by atoms with Gasteiger partial charge in [0, 0.05) is 0 Å². The Bertz CT molecular complexity index is 1090. The van der Waals surface area contributed by atoms with Crippen LogP contribution in [0.4, 0.5) is 4.79 Å². The van der Waals surface area contributed by atoms with E-state index in [1.54, 1.807) is 6.08 Å². The minimum Gasteiger partial charge on any atom is -0.492 e. The molecule has 1 heterocycles. The molecule has 4 rings (SSSR count). The topological polar surface area (TPSA) is 46.6 Å². The number of carbonyl (C=O) groups excluding carboxylic acids is 2. The zero-order valence-electron chi connectivity index (χ0n) is 16.6. The predicted molar refractivity (Wildman–Crippen MR) is 121 cm³/mol. The van der Waals surface area contributed by atoms with Crippen LogP contribution in [0.2, 0.25) is 0 Å². The number of aryl methyl sites for hydroxylation is 1. The van der Waals surface area contributed by atoms with Crippen LogP contribution < -0.4 is 4.74 Å². The minimum absolute atomic E-state index is 0.225. The fourth-order valence-electron chi connectivity index (χ4n) is 3.21. The molecular weight excluding hydrogens is 394 g/mol. The molecule has 0 aliphatic carbocycles. The number of ether oxygens (including phenoxy) is 1. The number of rotatable bonds is 6. The lowest BCUT2D eigenvalue weighted by atomic mass is 10.0. The Hall–Kier alpha value is -3.31. The first-order chi connectivity index (χ1) is 14.6. The number of carbonyl (C=O) groups is 2. The Morgan fingerprint density at radius 2 is 1.63 bits per heavy atom. The van der Waals surface area contributed by atoms with E-state index in [2.05, 4.69) is 12.1 Å². The molecule has 0 saturated carbocycles. The molecule has 0 bridgehead atoms. The van der Waals surface area contributed by atoms with Crippen molar-refractivity contribution in [2.75, 3.05) is 13.2 Å². The number of benzene rings is 3. The lowest BCUT2D eigenvalue weighted by Crippen LogP contribution is -2.32. The first-order valence-corrected chi connectivity index (χ1v) is 10.5. The van der Waals surface area contributed by atoms with E-state index in [0.29, 0.717) is 4.91 Å². The van der Waals surface area contributed by atoms with Gasteiger partial charge in [0.15, 0.2) is 0 Å². The van der Waals surface area contributed by atoms with E-state index >= 15 is 0 Å². The molecule has 5 heteroatoms. The maximum absolute atomic E-state index is 12.7. The predicted octanol–water partition coefficient (Wildman–Crippen LogP) is 5.78. The Morgan fingerprint density at radius 3 is 2.37 bits per heavy atom. The Morgan fingerprint density at radius 1 is 0.900 bits per heavy atom. The zero-order valence-corrected chi connectivity index (χ0v) is 17.4. The smallest absolute Gasteiger partial charge is 0.293 e. The van der Waals surface area contributed by atoms with Crippen LogP contribution >= 0.6 is 11.8 Å². The molecule has 1 aliphatic heterocycles. The molecule has 150 valence electrons. The maximum atomic E-state index is 12.7. The summed E-state index contributed by atoms with van der Waals surface area (Å²) in [5.41, 5.74) is 4.23. The standard InChI is InChI=1S/C25H21NO3S/c1-18-6-5-9-22(16-18)29-15-14-26-24(27)23(30-25(26)28)17-19-10-12-21(13-11-19)20-7-3-2-4-8-20/h2-13,16-17H,14-15H2,1H3/b23-17-. The van der Waals surface area contributed by atoms with Crippen molar-refractivity contribution < 1.29 is 14.3 Å². The molecule has 3 aromatic rings. The summed E-state index contributed by atoms with van der Waals surface area (Å²) in [6.07, 6.45) is 1.76. The number of hydrogen-bond donors (Lipinski definition) is 0. The lowest BCUT2D eigenvalue weighted by molar-refractivity contribution is -0.123. The van der Waals surface area contributed by atoms with Crippen LogP contribution in [0.25, 0.3) is 17.2 Å². The second-order valence-corrected chi connectivity index (χ2v) is 7.98. The van der Waals surface area contributed by atoms with Gasteiger partial charge < -0.3 is 4.74 Å². The molecule has 0 atom stereocenters. The van der Waals surface area contributed by atoms with Gasteiger partial charge in [0.2, 0.25) is 0 Å². The highest BCUT2D eigenvalue weighted by atomic mass is 32.2. The largest absolute Gasteiger partial charge is 0.492 e. The Kier molecular flexibility index (Phi) is 6.00.